The highest BCUT2D eigenvalue weighted by Crippen LogP contribution is 2.30. The lowest BCUT2D eigenvalue weighted by Crippen LogP contribution is -2.23. The smallest absolute Gasteiger partial charge is 0.222 e. The number of hydrogen-bond acceptors (Lipinski definition) is 34. The van der Waals surface area contributed by atoms with Crippen LogP contribution in [0.4, 0.5) is 35.0 Å². The Morgan fingerprint density at radius 3 is 1.03 bits per heavy atom. The molecule has 36 nitrogen and oxygen atoms in total. The molecule has 41 heteroatoms. The van der Waals surface area contributed by atoms with E-state index in [4.69, 9.17) is 34.2 Å². The Hall–Kier alpha value is -8.78. The van der Waals surface area contributed by atoms with Gasteiger partial charge in [-0.3, -0.25) is 9.97 Å². The number of aryl methyl sites for hydroxylation is 4. The second-order valence-electron chi connectivity index (χ2n) is 27.4. The van der Waals surface area contributed by atoms with Gasteiger partial charge in [0, 0.05) is 75.6 Å². The highest BCUT2D eigenvalue weighted by atomic mass is 32.1. The summed E-state index contributed by atoms with van der Waals surface area (Å²) in [6, 6.07) is 12.2. The number of aliphatic hydroxyl groups excluding tert-OH is 5. The van der Waals surface area contributed by atoms with E-state index in [1.54, 1.807) is 43.4 Å². The van der Waals surface area contributed by atoms with Crippen LogP contribution < -0.4 is 56.0 Å². The van der Waals surface area contributed by atoms with Gasteiger partial charge in [0.05, 0.1) is 61.3 Å². The number of pyridine rings is 2. The number of hydrogen-bond donors (Lipinski definition) is 13. The van der Waals surface area contributed by atoms with Crippen LogP contribution in [-0.2, 0) is 31.2 Å². The number of nitrogen functional groups attached to an aromatic ring is 1. The molecule has 0 amide bonds. The minimum absolute atomic E-state index is 0. The van der Waals surface area contributed by atoms with Crippen LogP contribution in [0.5, 0.6) is 28.7 Å². The molecular formula is C80H137N25O11S5. The SMILES string of the molecule is CCCC[C@@H](CCO)Nc1nc(C)ncc1OCCOC(C)C.CCCC[C@@H](CCO)Nc1nc(C)ncc1OCc1ccccn1.CCCC[C@@H](CCO)Nc1nc(C)ncc1OCc1nn[nH]n1.CCCC[C@@H](CCO)Nc1nc(N)ncc1OCc1cn[nH]n1.CCC[C@@H](CCO)Nc1nc(C)ncc1OCc1ccccn1.S.S.S.S.S. The topological polar surface area (TPSA) is 493 Å². The van der Waals surface area contributed by atoms with Crippen molar-refractivity contribution in [2.24, 2.45) is 0 Å². The molecular weight excluding hydrogens is 1650 g/mol. The van der Waals surface area contributed by atoms with Crippen LogP contribution >= 0.6 is 67.5 Å². The molecule has 5 atom stereocenters. The van der Waals surface area contributed by atoms with Gasteiger partial charge in [-0.2, -0.15) is 93.1 Å². The maximum Gasteiger partial charge on any atom is 0.222 e. The van der Waals surface area contributed by atoms with E-state index in [-0.39, 0.29) is 156 Å². The number of nitrogens with one attached hydrogen (secondary N) is 7. The molecule has 0 saturated heterocycles. The zero-order chi connectivity index (χ0) is 83.8. The normalized spacial score (nSPS) is 11.6. The van der Waals surface area contributed by atoms with E-state index >= 15 is 0 Å². The van der Waals surface area contributed by atoms with Crippen LogP contribution in [0.1, 0.15) is 217 Å². The molecule has 0 saturated carbocycles. The van der Waals surface area contributed by atoms with Crippen molar-refractivity contribution < 1.29 is 54.0 Å². The van der Waals surface area contributed by atoms with Gasteiger partial charge >= 0.3 is 0 Å². The lowest BCUT2D eigenvalue weighted by molar-refractivity contribution is 0.0552. The first-order valence-electron chi connectivity index (χ1n) is 40.4. The van der Waals surface area contributed by atoms with Crippen molar-refractivity contribution in [3.8, 4) is 28.7 Å². The number of H-pyrrole nitrogens is 2. The summed E-state index contributed by atoms with van der Waals surface area (Å²) < 4.78 is 34.3. The molecule has 9 heterocycles. The molecule has 0 fully saturated rings. The monoisotopic (exact) mass is 1780 g/mol. The van der Waals surface area contributed by atoms with Crippen molar-refractivity contribution in [3.05, 3.63) is 132 Å². The third-order valence-corrected chi connectivity index (χ3v) is 17.2. The van der Waals surface area contributed by atoms with Gasteiger partial charge in [0.1, 0.15) is 55.4 Å². The lowest BCUT2D eigenvalue weighted by Gasteiger charge is -2.20. The highest BCUT2D eigenvalue weighted by molar-refractivity contribution is 7.60. The second-order valence-corrected chi connectivity index (χ2v) is 27.4. The van der Waals surface area contributed by atoms with Crippen molar-refractivity contribution in [1.82, 2.24) is 95.8 Å². The Morgan fingerprint density at radius 2 is 0.719 bits per heavy atom. The van der Waals surface area contributed by atoms with Gasteiger partial charge in [0.15, 0.2) is 64.4 Å². The van der Waals surface area contributed by atoms with E-state index in [1.165, 1.54) is 6.20 Å². The molecule has 0 aliphatic rings. The van der Waals surface area contributed by atoms with Gasteiger partial charge in [-0.1, -0.05) is 110 Å². The minimum atomic E-state index is 0. The number of aromatic nitrogens is 19. The van der Waals surface area contributed by atoms with Crippen LogP contribution in [0.2, 0.25) is 0 Å². The highest BCUT2D eigenvalue weighted by Gasteiger charge is 2.20. The van der Waals surface area contributed by atoms with Crippen molar-refractivity contribution in [3.63, 3.8) is 0 Å². The quantitative estimate of drug-likeness (QED) is 0.0157. The predicted molar refractivity (Wildman–Crippen MR) is 497 cm³/mol. The Kier molecular flexibility index (Phi) is 63.7. The van der Waals surface area contributed by atoms with Crippen LogP contribution in [0.25, 0.3) is 0 Å². The Morgan fingerprint density at radius 1 is 0.372 bits per heavy atom. The van der Waals surface area contributed by atoms with E-state index in [1.807, 2.05) is 77.9 Å². The molecule has 0 radical (unpaired) electrons. The first kappa shape index (κ1) is 112. The summed E-state index contributed by atoms with van der Waals surface area (Å²) in [4.78, 5) is 51.2. The molecule has 0 aliphatic heterocycles. The van der Waals surface area contributed by atoms with Crippen LogP contribution in [0.15, 0.2) is 86.0 Å². The number of anilines is 6. The summed E-state index contributed by atoms with van der Waals surface area (Å²) in [5.74, 6) is 9.34. The minimum Gasteiger partial charge on any atom is -0.486 e. The molecule has 9 rings (SSSR count). The molecule has 121 heavy (non-hydrogen) atoms. The van der Waals surface area contributed by atoms with Gasteiger partial charge in [-0.25, -0.2) is 44.9 Å². The average Bonchev–Trinajstić information content (AvgIpc) is 1.64. The number of ether oxygens (including phenoxy) is 6. The fraction of sp³-hybridized carbons (Fsp3) is 0.588. The number of nitrogens with two attached hydrogens (primary N) is 1. The molecule has 0 aliphatic carbocycles. The molecule has 0 spiro atoms. The van der Waals surface area contributed by atoms with Gasteiger partial charge in [0.2, 0.25) is 11.8 Å². The largest absolute Gasteiger partial charge is 0.486 e. The number of tetrazole rings is 1. The number of aromatic amines is 2. The fourth-order valence-corrected chi connectivity index (χ4v) is 11.1. The Balaban J connectivity index is 0.00000147. The number of rotatable bonds is 51. The molecule has 14 N–H and O–H groups in total. The third kappa shape index (κ3) is 47.4. The number of nitrogens with zero attached hydrogens (tertiary/aromatic N) is 17. The summed E-state index contributed by atoms with van der Waals surface area (Å²) in [6.07, 6.45) is 31.5. The third-order valence-electron chi connectivity index (χ3n) is 17.2. The fourth-order valence-electron chi connectivity index (χ4n) is 11.1. The zero-order valence-corrected chi connectivity index (χ0v) is 77.1. The van der Waals surface area contributed by atoms with E-state index < -0.39 is 0 Å². The maximum atomic E-state index is 9.28. The van der Waals surface area contributed by atoms with Crippen molar-refractivity contribution in [2.75, 3.05) is 78.6 Å². The summed E-state index contributed by atoms with van der Waals surface area (Å²) in [6.45, 7) is 24.9. The second kappa shape index (κ2) is 68.7. The molecule has 0 unspecified atom stereocenters. The summed E-state index contributed by atoms with van der Waals surface area (Å²) >= 11 is 0. The standard InChI is InChI=1S/C18H26N4O2.C17H24N4O2.C17H31N3O3.2C14H23N7O2.5H2S/c1-3-4-7-15(9-11-23)22-18-17(12-20-14(2)21-18)24-13-16-8-5-6-10-19-16;1-3-6-14(8-10-22)21-17-16(11-19-13(2)20-17)23-12-15-7-4-5-9-18-15;1-5-6-7-15(8-9-21)20-17-16(12-18-14(4)19-17)23-11-10-22-13(2)3;1-3-4-5-11(6-7-22)17-14-12(8-15-10(2)16-14)23-9-13-18-20-21-19-13;1-2-3-4-10(5-6-22)18-13-12(8-16-14(15)19-13)23-9-11-7-17-21-20-11;;;;;/h5-6,8,10,12,15,23H,3-4,7,9,11,13H2,1-2H3,(H,20,21,22);4-5,7,9,11,14,22H,3,6,8,10,12H2,1-2H3,(H,19,20,21);12-13,15,21H,5-11H2,1-4H3,(H,18,19,20);8,11,22H,3-7,9H2,1-2H3,(H,15,16,17)(H,18,19,20,21);7-8,10,22H,2-6,9H2,1H3,(H,17,20,21)(H3,15,16,18,19);5*1H2/t15-;14-;15-;11-;10-;;;;;/m00000...../s1. The van der Waals surface area contributed by atoms with Gasteiger partial charge in [0.25, 0.3) is 0 Å². The van der Waals surface area contributed by atoms with E-state index in [0.717, 1.165) is 101 Å². The molecule has 9 aromatic heterocycles. The van der Waals surface area contributed by atoms with Crippen molar-refractivity contribution in [2.45, 2.75) is 261 Å². The Labute approximate surface area is 748 Å². The number of aliphatic hydroxyl groups is 5. The molecule has 678 valence electrons. The van der Waals surface area contributed by atoms with Crippen molar-refractivity contribution in [1.29, 1.82) is 0 Å². The van der Waals surface area contributed by atoms with Crippen LogP contribution in [0, 0.1) is 27.7 Å². The molecule has 0 aromatic carbocycles. The molecule has 9 aromatic rings. The molecule has 0 bridgehead atoms. The van der Waals surface area contributed by atoms with E-state index in [9.17, 15) is 25.5 Å². The van der Waals surface area contributed by atoms with E-state index in [0.29, 0.717) is 151 Å². The first-order chi connectivity index (χ1) is 56.5. The van der Waals surface area contributed by atoms with Crippen molar-refractivity contribution >= 4 is 103 Å². The summed E-state index contributed by atoms with van der Waals surface area (Å²) in [5.41, 5.74) is 8.04. The summed E-state index contributed by atoms with van der Waals surface area (Å²) in [5, 5.41) is 86.7. The van der Waals surface area contributed by atoms with Gasteiger partial charge in [-0.15, -0.1) is 10.2 Å². The van der Waals surface area contributed by atoms with Crippen LogP contribution in [0.3, 0.4) is 0 Å². The van der Waals surface area contributed by atoms with E-state index in [2.05, 4.69) is 157 Å². The summed E-state index contributed by atoms with van der Waals surface area (Å²) in [7, 11) is 0. The average molecular weight is 1790 g/mol. The van der Waals surface area contributed by atoms with Gasteiger partial charge in [-0.05, 0) is 130 Å². The maximum absolute atomic E-state index is 9.28. The van der Waals surface area contributed by atoms with Gasteiger partial charge < -0.3 is 86.3 Å². The zero-order valence-electron chi connectivity index (χ0n) is 72.1. The van der Waals surface area contributed by atoms with Crippen LogP contribution in [-0.4, -0.2) is 204 Å². The first-order valence-corrected chi connectivity index (χ1v) is 40.4. The number of unbranched alkanes of at least 4 members (excludes halogenated alkanes) is 4. The predicted octanol–water partition coefficient (Wildman–Crippen LogP) is 11.7. The Bertz CT molecular complexity index is 3890. The lowest BCUT2D eigenvalue weighted by atomic mass is 10.1.